The Morgan fingerprint density at radius 1 is 1.06 bits per heavy atom. The van der Waals surface area contributed by atoms with Gasteiger partial charge in [-0.25, -0.2) is 9.97 Å². The van der Waals surface area contributed by atoms with Crippen molar-refractivity contribution in [2.45, 2.75) is 39.5 Å². The van der Waals surface area contributed by atoms with Crippen LogP contribution in [0.5, 0.6) is 0 Å². The van der Waals surface area contributed by atoms with Crippen LogP contribution in [0.4, 0.5) is 5.95 Å². The van der Waals surface area contributed by atoms with Crippen molar-refractivity contribution in [2.24, 2.45) is 5.41 Å². The SMILES string of the molecule is CN1CCN(c2ncc(-c3ccncc3)c(C3CCCN(C(=O)C(C)(C)C)C3)n2)CC1. The number of rotatable bonds is 3. The van der Waals surface area contributed by atoms with Gasteiger partial charge in [0.25, 0.3) is 0 Å². The Morgan fingerprint density at radius 2 is 1.77 bits per heavy atom. The van der Waals surface area contributed by atoms with E-state index < -0.39 is 0 Å². The predicted octanol–water partition coefficient (Wildman–Crippen LogP) is 3.04. The number of pyridine rings is 1. The smallest absolute Gasteiger partial charge is 0.227 e. The van der Waals surface area contributed by atoms with Crippen LogP contribution in [0.15, 0.2) is 30.7 Å². The average Bonchev–Trinajstić information content (AvgIpc) is 2.79. The first kappa shape index (κ1) is 21.7. The molecule has 2 aliphatic heterocycles. The number of likely N-dealkylation sites (N-methyl/N-ethyl adjacent to an activating group) is 1. The molecule has 0 aliphatic carbocycles. The van der Waals surface area contributed by atoms with Crippen LogP contribution in [-0.4, -0.2) is 77.0 Å². The maximum absolute atomic E-state index is 13.0. The number of anilines is 1. The number of likely N-dealkylation sites (tertiary alicyclic amines) is 1. The summed E-state index contributed by atoms with van der Waals surface area (Å²) in [6.45, 7) is 11.4. The summed E-state index contributed by atoms with van der Waals surface area (Å²) >= 11 is 0. The van der Waals surface area contributed by atoms with Gasteiger partial charge in [-0.1, -0.05) is 20.8 Å². The first-order chi connectivity index (χ1) is 14.8. The van der Waals surface area contributed by atoms with E-state index in [0.717, 1.165) is 68.3 Å². The van der Waals surface area contributed by atoms with E-state index in [-0.39, 0.29) is 17.2 Å². The molecule has 0 radical (unpaired) electrons. The van der Waals surface area contributed by atoms with E-state index in [1.165, 1.54) is 0 Å². The molecule has 1 amide bonds. The van der Waals surface area contributed by atoms with Crippen molar-refractivity contribution in [3.63, 3.8) is 0 Å². The molecule has 7 nitrogen and oxygen atoms in total. The largest absolute Gasteiger partial charge is 0.342 e. The van der Waals surface area contributed by atoms with Gasteiger partial charge in [0.05, 0.1) is 5.69 Å². The topological polar surface area (TPSA) is 65.5 Å². The molecule has 0 saturated carbocycles. The monoisotopic (exact) mass is 422 g/mol. The molecule has 2 fully saturated rings. The van der Waals surface area contributed by atoms with Crippen molar-refractivity contribution in [3.8, 4) is 11.1 Å². The summed E-state index contributed by atoms with van der Waals surface area (Å²) in [5.74, 6) is 1.23. The fourth-order valence-corrected chi connectivity index (χ4v) is 4.47. The zero-order valence-corrected chi connectivity index (χ0v) is 19.2. The van der Waals surface area contributed by atoms with Crippen LogP contribution in [-0.2, 0) is 4.79 Å². The number of hydrogen-bond acceptors (Lipinski definition) is 6. The molecular formula is C24H34N6O. The zero-order chi connectivity index (χ0) is 22.0. The van der Waals surface area contributed by atoms with Crippen LogP contribution in [0.1, 0.15) is 45.2 Å². The van der Waals surface area contributed by atoms with Crippen LogP contribution in [0.3, 0.4) is 0 Å². The number of carbonyl (C=O) groups excluding carboxylic acids is 1. The highest BCUT2D eigenvalue weighted by molar-refractivity contribution is 5.81. The van der Waals surface area contributed by atoms with E-state index >= 15 is 0 Å². The molecule has 2 aromatic rings. The molecule has 2 aliphatic rings. The van der Waals surface area contributed by atoms with Gasteiger partial charge in [-0.3, -0.25) is 9.78 Å². The Bertz CT molecular complexity index is 902. The fourth-order valence-electron chi connectivity index (χ4n) is 4.47. The quantitative estimate of drug-likeness (QED) is 0.758. The van der Waals surface area contributed by atoms with Gasteiger partial charge in [0.1, 0.15) is 0 Å². The molecule has 0 N–H and O–H groups in total. The van der Waals surface area contributed by atoms with Crippen molar-refractivity contribution >= 4 is 11.9 Å². The summed E-state index contributed by atoms with van der Waals surface area (Å²) in [6.07, 6.45) is 7.62. The number of aromatic nitrogens is 3. The fraction of sp³-hybridized carbons (Fsp3) is 0.583. The predicted molar refractivity (Wildman–Crippen MR) is 123 cm³/mol. The molecular weight excluding hydrogens is 388 g/mol. The lowest BCUT2D eigenvalue weighted by Gasteiger charge is -2.37. The summed E-state index contributed by atoms with van der Waals surface area (Å²) in [6, 6.07) is 4.03. The third kappa shape index (κ3) is 4.87. The van der Waals surface area contributed by atoms with Crippen LogP contribution in [0.25, 0.3) is 11.1 Å². The van der Waals surface area contributed by atoms with Gasteiger partial charge in [0, 0.05) is 74.8 Å². The number of nitrogens with zero attached hydrogens (tertiary/aromatic N) is 6. The first-order valence-corrected chi connectivity index (χ1v) is 11.3. The molecule has 0 aromatic carbocycles. The molecule has 166 valence electrons. The third-order valence-electron chi connectivity index (χ3n) is 6.32. The Hall–Kier alpha value is -2.54. The molecule has 4 heterocycles. The van der Waals surface area contributed by atoms with E-state index in [1.807, 2.05) is 56.4 Å². The maximum Gasteiger partial charge on any atom is 0.227 e. The molecule has 0 spiro atoms. The Balaban J connectivity index is 1.68. The Kier molecular flexibility index (Phi) is 6.23. The molecule has 2 aromatic heterocycles. The third-order valence-corrected chi connectivity index (χ3v) is 6.32. The Morgan fingerprint density at radius 3 is 2.45 bits per heavy atom. The van der Waals surface area contributed by atoms with Gasteiger partial charge in [0.2, 0.25) is 11.9 Å². The van der Waals surface area contributed by atoms with Crippen molar-refractivity contribution in [1.29, 1.82) is 0 Å². The van der Waals surface area contributed by atoms with E-state index in [4.69, 9.17) is 9.97 Å². The van der Waals surface area contributed by atoms with Crippen LogP contribution in [0, 0.1) is 5.41 Å². The molecule has 31 heavy (non-hydrogen) atoms. The van der Waals surface area contributed by atoms with Gasteiger partial charge in [-0.2, -0.15) is 0 Å². The van der Waals surface area contributed by atoms with Gasteiger partial charge in [-0.05, 0) is 37.6 Å². The molecule has 4 rings (SSSR count). The summed E-state index contributed by atoms with van der Waals surface area (Å²) in [4.78, 5) is 33.6. The summed E-state index contributed by atoms with van der Waals surface area (Å²) in [7, 11) is 2.15. The minimum atomic E-state index is -0.369. The van der Waals surface area contributed by atoms with Gasteiger partial charge < -0.3 is 14.7 Å². The highest BCUT2D eigenvalue weighted by atomic mass is 16.2. The minimum absolute atomic E-state index is 0.206. The molecule has 7 heteroatoms. The lowest BCUT2D eigenvalue weighted by molar-refractivity contribution is -0.140. The lowest BCUT2D eigenvalue weighted by Crippen LogP contribution is -2.46. The highest BCUT2D eigenvalue weighted by Gasteiger charge is 2.33. The standard InChI is InChI=1S/C24H34N6O/c1-24(2,3)22(31)30-11-5-6-19(17-30)21-20(18-7-9-25-10-8-18)16-26-23(27-21)29-14-12-28(4)13-15-29/h7-10,16,19H,5-6,11-15,17H2,1-4H3. The van der Waals surface area contributed by atoms with Crippen molar-refractivity contribution < 1.29 is 4.79 Å². The van der Waals surface area contributed by atoms with E-state index in [9.17, 15) is 4.79 Å². The number of piperazine rings is 1. The average molecular weight is 423 g/mol. The summed E-state index contributed by atoms with van der Waals surface area (Å²) in [5, 5.41) is 0. The molecule has 1 atom stereocenters. The van der Waals surface area contributed by atoms with Gasteiger partial charge in [-0.15, -0.1) is 0 Å². The van der Waals surface area contributed by atoms with Crippen molar-refractivity contribution in [3.05, 3.63) is 36.4 Å². The number of carbonyl (C=O) groups is 1. The Labute approximate surface area is 185 Å². The first-order valence-electron chi connectivity index (χ1n) is 11.3. The second-order valence-electron chi connectivity index (χ2n) is 9.84. The second-order valence-corrected chi connectivity index (χ2v) is 9.84. The van der Waals surface area contributed by atoms with E-state index in [2.05, 4.69) is 21.8 Å². The van der Waals surface area contributed by atoms with Gasteiger partial charge >= 0.3 is 0 Å². The van der Waals surface area contributed by atoms with Crippen molar-refractivity contribution in [1.82, 2.24) is 24.8 Å². The zero-order valence-electron chi connectivity index (χ0n) is 19.2. The van der Waals surface area contributed by atoms with Crippen LogP contribution in [0.2, 0.25) is 0 Å². The maximum atomic E-state index is 13.0. The van der Waals surface area contributed by atoms with E-state index in [1.54, 1.807) is 0 Å². The highest BCUT2D eigenvalue weighted by Crippen LogP contribution is 2.35. The normalized spacial score (nSPS) is 20.7. The van der Waals surface area contributed by atoms with Gasteiger partial charge in [0.15, 0.2) is 0 Å². The molecule has 2 saturated heterocycles. The minimum Gasteiger partial charge on any atom is -0.342 e. The summed E-state index contributed by atoms with van der Waals surface area (Å²) < 4.78 is 0. The molecule has 0 bridgehead atoms. The number of amides is 1. The van der Waals surface area contributed by atoms with Crippen LogP contribution >= 0.6 is 0 Å². The second kappa shape index (κ2) is 8.91. The number of hydrogen-bond donors (Lipinski definition) is 0. The molecule has 1 unspecified atom stereocenters. The number of piperidine rings is 1. The lowest BCUT2D eigenvalue weighted by atomic mass is 9.87. The van der Waals surface area contributed by atoms with Crippen molar-refractivity contribution in [2.75, 3.05) is 51.2 Å². The van der Waals surface area contributed by atoms with E-state index in [0.29, 0.717) is 6.54 Å². The summed E-state index contributed by atoms with van der Waals surface area (Å²) in [5.41, 5.74) is 2.82. The van der Waals surface area contributed by atoms with Crippen LogP contribution < -0.4 is 4.90 Å².